The smallest absolute Gasteiger partial charge is 0.144 e. The molecule has 19 heavy (non-hydrogen) atoms. The molecule has 1 saturated heterocycles. The molecule has 0 aliphatic carbocycles. The van der Waals surface area contributed by atoms with Crippen molar-refractivity contribution in [1.29, 1.82) is 0 Å². The molecule has 2 rings (SSSR count). The minimum absolute atomic E-state index is 0.161. The molecule has 1 aliphatic heterocycles. The van der Waals surface area contributed by atoms with Gasteiger partial charge in [-0.15, -0.1) is 0 Å². The largest absolute Gasteiger partial charge is 0.305 e. The number of rotatable bonds is 3. The zero-order valence-corrected chi connectivity index (χ0v) is 12.9. The molecule has 0 radical (unpaired) electrons. The van der Waals surface area contributed by atoms with Crippen LogP contribution < -0.4 is 0 Å². The Morgan fingerprint density at radius 2 is 2.11 bits per heavy atom. The van der Waals surface area contributed by atoms with Gasteiger partial charge < -0.3 is 4.90 Å². The molecule has 1 aliphatic rings. The van der Waals surface area contributed by atoms with E-state index in [-0.39, 0.29) is 5.56 Å². The number of hydrogen-bond donors (Lipinski definition) is 0. The van der Waals surface area contributed by atoms with Gasteiger partial charge in [0.25, 0.3) is 0 Å². The molecule has 0 N–H and O–H groups in total. The summed E-state index contributed by atoms with van der Waals surface area (Å²) < 4.78 is 28.0. The second-order valence-corrected chi connectivity index (χ2v) is 6.17. The molecular weight excluding hydrogens is 314 g/mol. The maximum absolute atomic E-state index is 13.9. The van der Waals surface area contributed by atoms with Crippen LogP contribution >= 0.6 is 15.9 Å². The highest BCUT2D eigenvalue weighted by atomic mass is 79.9. The quantitative estimate of drug-likeness (QED) is 0.784. The number of halogens is 3. The summed E-state index contributed by atoms with van der Waals surface area (Å²) in [7, 11) is 4.10. The molecule has 1 unspecified atom stereocenters. The summed E-state index contributed by atoms with van der Waals surface area (Å²) in [4.78, 5) is 4.31. The summed E-state index contributed by atoms with van der Waals surface area (Å²) >= 11 is 3.11. The fraction of sp³-hybridized carbons (Fsp3) is 0.571. The first-order valence-corrected chi connectivity index (χ1v) is 7.29. The highest BCUT2D eigenvalue weighted by Crippen LogP contribution is 2.24. The van der Waals surface area contributed by atoms with E-state index in [4.69, 9.17) is 0 Å². The van der Waals surface area contributed by atoms with Crippen LogP contribution in [0.5, 0.6) is 0 Å². The van der Waals surface area contributed by atoms with Gasteiger partial charge in [-0.1, -0.05) is 0 Å². The second-order valence-electron chi connectivity index (χ2n) is 5.32. The summed E-state index contributed by atoms with van der Waals surface area (Å²) in [6.45, 7) is 2.09. The zero-order valence-electron chi connectivity index (χ0n) is 11.3. The van der Waals surface area contributed by atoms with Crippen molar-refractivity contribution in [2.24, 2.45) is 0 Å². The Hall–Kier alpha value is -0.520. The number of benzene rings is 1. The summed E-state index contributed by atoms with van der Waals surface area (Å²) in [6.07, 6.45) is 2.22. The molecule has 0 saturated carbocycles. The number of nitrogens with zero attached hydrogens (tertiary/aromatic N) is 2. The highest BCUT2D eigenvalue weighted by Gasteiger charge is 2.23. The topological polar surface area (TPSA) is 6.48 Å². The molecule has 1 aromatic carbocycles. The molecule has 2 nitrogen and oxygen atoms in total. The minimum atomic E-state index is -0.480. The van der Waals surface area contributed by atoms with Gasteiger partial charge >= 0.3 is 0 Å². The average Bonchev–Trinajstić information content (AvgIpc) is 2.39. The fourth-order valence-electron chi connectivity index (χ4n) is 2.53. The molecule has 0 amide bonds. The van der Waals surface area contributed by atoms with Crippen LogP contribution in [0.2, 0.25) is 0 Å². The van der Waals surface area contributed by atoms with Gasteiger partial charge in [0.1, 0.15) is 11.6 Å². The fourth-order valence-corrected chi connectivity index (χ4v) is 2.91. The molecule has 5 heteroatoms. The zero-order chi connectivity index (χ0) is 14.0. The lowest BCUT2D eigenvalue weighted by atomic mass is 10.0. The van der Waals surface area contributed by atoms with Gasteiger partial charge in [0.05, 0.1) is 4.47 Å². The second kappa shape index (κ2) is 6.29. The van der Waals surface area contributed by atoms with E-state index in [0.29, 0.717) is 17.1 Å². The summed E-state index contributed by atoms with van der Waals surface area (Å²) in [5, 5.41) is 0. The standard InChI is InChI=1S/C14H19BrF2N2/c1-18(2)10-4-3-7-19(8-10)9-11-13(16)6-5-12(15)14(11)17/h5-6,10H,3-4,7-9H2,1-2H3. The van der Waals surface area contributed by atoms with Crippen LogP contribution in [-0.4, -0.2) is 43.0 Å². The van der Waals surface area contributed by atoms with Crippen molar-refractivity contribution < 1.29 is 8.78 Å². The monoisotopic (exact) mass is 332 g/mol. The van der Waals surface area contributed by atoms with Gasteiger partial charge in [0, 0.05) is 24.7 Å². The Kier molecular flexibility index (Phi) is 4.92. The number of hydrogen-bond acceptors (Lipinski definition) is 2. The Morgan fingerprint density at radius 1 is 1.37 bits per heavy atom. The summed E-state index contributed by atoms with van der Waals surface area (Å²) in [5.41, 5.74) is 0.161. The molecule has 1 fully saturated rings. The lowest BCUT2D eigenvalue weighted by molar-refractivity contribution is 0.125. The predicted octanol–water partition coefficient (Wildman–Crippen LogP) is 3.25. The molecule has 1 heterocycles. The summed E-state index contributed by atoms with van der Waals surface area (Å²) in [6, 6.07) is 3.19. The Morgan fingerprint density at radius 3 is 2.79 bits per heavy atom. The first-order chi connectivity index (χ1) is 8.99. The molecule has 106 valence electrons. The van der Waals surface area contributed by atoms with Gasteiger partial charge in [-0.2, -0.15) is 0 Å². The van der Waals surface area contributed by atoms with Crippen LogP contribution in [0, 0.1) is 11.6 Å². The van der Waals surface area contributed by atoms with Crippen LogP contribution in [0.25, 0.3) is 0 Å². The van der Waals surface area contributed by atoms with Crippen LogP contribution in [-0.2, 0) is 6.54 Å². The van der Waals surface area contributed by atoms with E-state index >= 15 is 0 Å². The molecule has 1 aromatic rings. The van der Waals surface area contributed by atoms with Crippen LogP contribution in [0.1, 0.15) is 18.4 Å². The first kappa shape index (κ1) is 14.9. The molecule has 0 aromatic heterocycles. The third-order valence-corrected chi connectivity index (χ3v) is 4.34. The lowest BCUT2D eigenvalue weighted by Crippen LogP contribution is -2.44. The Labute approximate surface area is 121 Å². The molecular formula is C14H19BrF2N2. The van der Waals surface area contributed by atoms with Gasteiger partial charge in [-0.25, -0.2) is 8.78 Å². The van der Waals surface area contributed by atoms with Crippen molar-refractivity contribution >= 4 is 15.9 Å². The van der Waals surface area contributed by atoms with Crippen molar-refractivity contribution in [3.8, 4) is 0 Å². The van der Waals surface area contributed by atoms with E-state index in [2.05, 4.69) is 39.8 Å². The molecule has 1 atom stereocenters. The van der Waals surface area contributed by atoms with Crippen molar-refractivity contribution in [3.05, 3.63) is 33.8 Å². The van der Waals surface area contributed by atoms with E-state index in [0.717, 1.165) is 25.9 Å². The third-order valence-electron chi connectivity index (χ3n) is 3.73. The van der Waals surface area contributed by atoms with Crippen molar-refractivity contribution in [2.45, 2.75) is 25.4 Å². The number of likely N-dealkylation sites (N-methyl/N-ethyl adjacent to an activating group) is 1. The van der Waals surface area contributed by atoms with E-state index in [9.17, 15) is 8.78 Å². The SMILES string of the molecule is CN(C)C1CCCN(Cc2c(F)ccc(Br)c2F)C1. The van der Waals surface area contributed by atoms with E-state index in [1.165, 1.54) is 12.1 Å². The number of likely N-dealkylation sites (tertiary alicyclic amines) is 1. The van der Waals surface area contributed by atoms with Crippen molar-refractivity contribution in [2.75, 3.05) is 27.2 Å². The Balaban J connectivity index is 2.11. The maximum Gasteiger partial charge on any atom is 0.144 e. The number of piperidine rings is 1. The molecule has 0 bridgehead atoms. The predicted molar refractivity (Wildman–Crippen MR) is 76.0 cm³/mol. The average molecular weight is 333 g/mol. The first-order valence-electron chi connectivity index (χ1n) is 6.50. The summed E-state index contributed by atoms with van der Waals surface area (Å²) in [5.74, 6) is -0.945. The van der Waals surface area contributed by atoms with E-state index in [1.54, 1.807) is 0 Å². The normalized spacial score (nSPS) is 21.1. The van der Waals surface area contributed by atoms with Crippen LogP contribution in [0.15, 0.2) is 16.6 Å². The van der Waals surface area contributed by atoms with Gasteiger partial charge in [-0.3, -0.25) is 4.90 Å². The van der Waals surface area contributed by atoms with Crippen molar-refractivity contribution in [3.63, 3.8) is 0 Å². The Bertz CT molecular complexity index is 451. The van der Waals surface area contributed by atoms with Crippen molar-refractivity contribution in [1.82, 2.24) is 9.80 Å². The van der Waals surface area contributed by atoms with Crippen LogP contribution in [0.3, 0.4) is 0 Å². The van der Waals surface area contributed by atoms with E-state index in [1.807, 2.05) is 0 Å². The lowest BCUT2D eigenvalue weighted by Gasteiger charge is -2.36. The minimum Gasteiger partial charge on any atom is -0.305 e. The van der Waals surface area contributed by atoms with E-state index < -0.39 is 11.6 Å². The maximum atomic E-state index is 13.9. The highest BCUT2D eigenvalue weighted by molar-refractivity contribution is 9.10. The van der Waals surface area contributed by atoms with Gasteiger partial charge in [-0.05, 0) is 61.5 Å². The third kappa shape index (κ3) is 3.52. The van der Waals surface area contributed by atoms with Gasteiger partial charge in [0.15, 0.2) is 0 Å². The molecule has 0 spiro atoms. The van der Waals surface area contributed by atoms with Crippen LogP contribution in [0.4, 0.5) is 8.78 Å². The van der Waals surface area contributed by atoms with Gasteiger partial charge in [0.2, 0.25) is 0 Å².